The van der Waals surface area contributed by atoms with Crippen LogP contribution in [0.3, 0.4) is 0 Å². The number of thiophene rings is 1. The Morgan fingerprint density at radius 1 is 1.18 bits per heavy atom. The van der Waals surface area contributed by atoms with E-state index in [4.69, 9.17) is 4.52 Å². The molecule has 4 rings (SSSR count). The number of nitrogens with one attached hydrogen (secondary N) is 1. The molecule has 33 heavy (non-hydrogen) atoms. The zero-order valence-corrected chi connectivity index (χ0v) is 20.3. The number of hydrogen-bond acceptors (Lipinski definition) is 7. The molecule has 0 aliphatic carbocycles. The molecule has 0 saturated carbocycles. The van der Waals surface area contributed by atoms with Crippen LogP contribution in [0.15, 0.2) is 45.1 Å². The van der Waals surface area contributed by atoms with E-state index < -0.39 is 10.0 Å². The second-order valence-corrected chi connectivity index (χ2v) is 11.0. The Morgan fingerprint density at radius 3 is 2.70 bits per heavy atom. The van der Waals surface area contributed by atoms with Crippen LogP contribution in [0.4, 0.5) is 5.69 Å². The van der Waals surface area contributed by atoms with Gasteiger partial charge in [0, 0.05) is 31.6 Å². The molecule has 10 heteroatoms. The van der Waals surface area contributed by atoms with Crippen LogP contribution in [-0.2, 0) is 21.2 Å². The van der Waals surface area contributed by atoms with Crippen molar-refractivity contribution in [3.63, 3.8) is 0 Å². The number of rotatable bonds is 8. The second-order valence-electron chi connectivity index (χ2n) is 8.19. The number of carbonyl (C=O) groups is 1. The van der Waals surface area contributed by atoms with Crippen LogP contribution in [-0.4, -0.2) is 41.9 Å². The zero-order valence-electron chi connectivity index (χ0n) is 18.6. The standard InChI is InChI=1S/C23H28N4O4S2/c1-17-11-12-18(16-20(17)33(29,30)27-13-4-2-3-5-14-27)24-21(28)9-6-10-22-25-23(26-31-22)19-8-7-15-32-19/h7-8,11-12,15-16H,2-6,9-10,13-14H2,1H3,(H,24,28). The molecule has 0 atom stereocenters. The van der Waals surface area contributed by atoms with Gasteiger partial charge in [0.05, 0.1) is 9.77 Å². The smallest absolute Gasteiger partial charge is 0.243 e. The predicted molar refractivity (Wildman–Crippen MR) is 128 cm³/mol. The van der Waals surface area contributed by atoms with Crippen molar-refractivity contribution in [2.45, 2.75) is 56.8 Å². The van der Waals surface area contributed by atoms with Crippen molar-refractivity contribution in [1.82, 2.24) is 14.4 Å². The van der Waals surface area contributed by atoms with Gasteiger partial charge in [0.15, 0.2) is 0 Å². The summed E-state index contributed by atoms with van der Waals surface area (Å²) in [5.74, 6) is 0.865. The normalized spacial score (nSPS) is 15.3. The minimum atomic E-state index is -3.59. The number of benzene rings is 1. The summed E-state index contributed by atoms with van der Waals surface area (Å²) in [5, 5.41) is 8.75. The van der Waals surface area contributed by atoms with E-state index in [0.717, 1.165) is 30.6 Å². The summed E-state index contributed by atoms with van der Waals surface area (Å²) < 4.78 is 33.2. The Hall–Kier alpha value is -2.56. The van der Waals surface area contributed by atoms with Crippen molar-refractivity contribution in [2.24, 2.45) is 0 Å². The molecule has 3 aromatic rings. The van der Waals surface area contributed by atoms with E-state index in [2.05, 4.69) is 15.5 Å². The summed E-state index contributed by atoms with van der Waals surface area (Å²) in [7, 11) is -3.59. The van der Waals surface area contributed by atoms with E-state index in [9.17, 15) is 13.2 Å². The van der Waals surface area contributed by atoms with Gasteiger partial charge in [-0.15, -0.1) is 11.3 Å². The molecule has 3 heterocycles. The number of carbonyl (C=O) groups excluding carboxylic acids is 1. The molecule has 1 amide bonds. The first kappa shape index (κ1) is 23.6. The first-order chi connectivity index (χ1) is 15.9. The van der Waals surface area contributed by atoms with Crippen LogP contribution >= 0.6 is 11.3 Å². The molecule has 1 aromatic carbocycles. The third-order valence-corrected chi connectivity index (χ3v) is 8.57. The van der Waals surface area contributed by atoms with Gasteiger partial charge in [-0.1, -0.05) is 30.1 Å². The monoisotopic (exact) mass is 488 g/mol. The molecular formula is C23H28N4O4S2. The fourth-order valence-electron chi connectivity index (χ4n) is 3.86. The summed E-state index contributed by atoms with van der Waals surface area (Å²) in [6.45, 7) is 2.87. The van der Waals surface area contributed by atoms with Crippen molar-refractivity contribution in [2.75, 3.05) is 18.4 Å². The Kier molecular flexibility index (Phi) is 7.56. The summed E-state index contributed by atoms with van der Waals surface area (Å²) in [4.78, 5) is 18.0. The Bertz CT molecular complexity index is 1180. The highest BCUT2D eigenvalue weighted by atomic mass is 32.2. The number of hydrogen-bond donors (Lipinski definition) is 1. The van der Waals surface area contributed by atoms with Gasteiger partial charge in [0.1, 0.15) is 0 Å². The molecule has 2 aromatic heterocycles. The average Bonchev–Trinajstić information content (AvgIpc) is 3.41. The van der Waals surface area contributed by atoms with Gasteiger partial charge in [-0.05, 0) is 55.3 Å². The summed E-state index contributed by atoms with van der Waals surface area (Å²) in [5.41, 5.74) is 1.16. The Labute approximate surface area is 198 Å². The summed E-state index contributed by atoms with van der Waals surface area (Å²) in [6.07, 6.45) is 5.17. The molecule has 1 N–H and O–H groups in total. The molecule has 0 bridgehead atoms. The molecule has 1 aliphatic heterocycles. The number of nitrogens with zero attached hydrogens (tertiary/aromatic N) is 3. The van der Waals surface area contributed by atoms with E-state index in [1.165, 1.54) is 11.3 Å². The van der Waals surface area contributed by atoms with Gasteiger partial charge in [0.2, 0.25) is 27.6 Å². The van der Waals surface area contributed by atoms with E-state index in [-0.39, 0.29) is 17.2 Å². The maximum Gasteiger partial charge on any atom is 0.243 e. The van der Waals surface area contributed by atoms with Crippen molar-refractivity contribution in [3.8, 4) is 10.7 Å². The van der Waals surface area contributed by atoms with Gasteiger partial charge < -0.3 is 9.84 Å². The summed E-state index contributed by atoms with van der Waals surface area (Å²) in [6, 6.07) is 8.90. The average molecular weight is 489 g/mol. The second kappa shape index (κ2) is 10.6. The van der Waals surface area contributed by atoms with Gasteiger partial charge in [-0.3, -0.25) is 4.79 Å². The number of aryl methyl sites for hydroxylation is 2. The quantitative estimate of drug-likeness (QED) is 0.495. The molecule has 0 unspecified atom stereocenters. The summed E-state index contributed by atoms with van der Waals surface area (Å²) >= 11 is 1.54. The van der Waals surface area contributed by atoms with Crippen LogP contribution in [0.2, 0.25) is 0 Å². The van der Waals surface area contributed by atoms with Crippen LogP contribution < -0.4 is 5.32 Å². The molecular weight excluding hydrogens is 460 g/mol. The predicted octanol–water partition coefficient (Wildman–Crippen LogP) is 4.63. The Morgan fingerprint density at radius 2 is 1.97 bits per heavy atom. The van der Waals surface area contributed by atoms with Gasteiger partial charge >= 0.3 is 0 Å². The van der Waals surface area contributed by atoms with Crippen LogP contribution in [0.25, 0.3) is 10.7 Å². The van der Waals surface area contributed by atoms with Crippen molar-refractivity contribution >= 4 is 33.0 Å². The molecule has 1 aliphatic rings. The van der Waals surface area contributed by atoms with Gasteiger partial charge in [-0.2, -0.15) is 9.29 Å². The number of aromatic nitrogens is 2. The Balaban J connectivity index is 1.34. The molecule has 0 radical (unpaired) electrons. The first-order valence-corrected chi connectivity index (χ1v) is 13.5. The highest BCUT2D eigenvalue weighted by Crippen LogP contribution is 2.26. The van der Waals surface area contributed by atoms with Crippen LogP contribution in [0.1, 0.15) is 50.0 Å². The van der Waals surface area contributed by atoms with Crippen molar-refractivity contribution in [3.05, 3.63) is 47.2 Å². The van der Waals surface area contributed by atoms with E-state index in [1.807, 2.05) is 17.5 Å². The largest absolute Gasteiger partial charge is 0.339 e. The third-order valence-electron chi connectivity index (χ3n) is 5.66. The zero-order chi connectivity index (χ0) is 23.3. The topological polar surface area (TPSA) is 105 Å². The molecule has 176 valence electrons. The minimum absolute atomic E-state index is 0.185. The molecule has 1 saturated heterocycles. The van der Waals surface area contributed by atoms with E-state index in [1.54, 1.807) is 29.4 Å². The van der Waals surface area contributed by atoms with Crippen molar-refractivity contribution < 1.29 is 17.7 Å². The lowest BCUT2D eigenvalue weighted by atomic mass is 10.2. The highest BCUT2D eigenvalue weighted by Gasteiger charge is 2.27. The molecule has 0 spiro atoms. The lowest BCUT2D eigenvalue weighted by molar-refractivity contribution is -0.116. The van der Waals surface area contributed by atoms with E-state index in [0.29, 0.717) is 48.9 Å². The maximum absolute atomic E-state index is 13.2. The SMILES string of the molecule is Cc1ccc(NC(=O)CCCc2nc(-c3cccs3)no2)cc1S(=O)(=O)N1CCCCCC1. The van der Waals surface area contributed by atoms with Crippen molar-refractivity contribution in [1.29, 1.82) is 0 Å². The van der Waals surface area contributed by atoms with Gasteiger partial charge in [-0.25, -0.2) is 8.42 Å². The number of amides is 1. The molecule has 1 fully saturated rings. The van der Waals surface area contributed by atoms with Crippen LogP contribution in [0.5, 0.6) is 0 Å². The number of anilines is 1. The molecule has 8 nitrogen and oxygen atoms in total. The fraction of sp³-hybridized carbons (Fsp3) is 0.435. The maximum atomic E-state index is 13.2. The fourth-order valence-corrected chi connectivity index (χ4v) is 6.28. The van der Waals surface area contributed by atoms with Gasteiger partial charge in [0.25, 0.3) is 0 Å². The lowest BCUT2D eigenvalue weighted by Gasteiger charge is -2.21. The minimum Gasteiger partial charge on any atom is -0.339 e. The lowest BCUT2D eigenvalue weighted by Crippen LogP contribution is -2.32. The van der Waals surface area contributed by atoms with E-state index >= 15 is 0 Å². The third kappa shape index (κ3) is 5.87. The first-order valence-electron chi connectivity index (χ1n) is 11.2. The highest BCUT2D eigenvalue weighted by molar-refractivity contribution is 7.89. The van der Waals surface area contributed by atoms with Crippen LogP contribution in [0, 0.1) is 6.92 Å². The number of sulfonamides is 1.